The van der Waals surface area contributed by atoms with Crippen LogP contribution in [0.1, 0.15) is 6.42 Å². The molecular weight excluding hydrogens is 456 g/mol. The minimum absolute atomic E-state index is 0.0274. The quantitative estimate of drug-likeness (QED) is 0.205. The number of sulfonamides is 1. The van der Waals surface area contributed by atoms with Crippen molar-refractivity contribution in [3.8, 4) is 0 Å². The van der Waals surface area contributed by atoms with Gasteiger partial charge in [0.2, 0.25) is 10.0 Å². The molecule has 0 N–H and O–H groups in total. The fourth-order valence-electron chi connectivity index (χ4n) is 1.90. The molecule has 1 rings (SSSR count). The molecule has 0 spiro atoms. The van der Waals surface area contributed by atoms with Crippen molar-refractivity contribution in [1.82, 2.24) is 0 Å². The summed E-state index contributed by atoms with van der Waals surface area (Å²) < 4.78 is 57.9. The van der Waals surface area contributed by atoms with Gasteiger partial charge in [-0.05, 0) is 40.5 Å². The highest BCUT2D eigenvalue weighted by Crippen LogP contribution is 2.35. The highest BCUT2D eigenvalue weighted by molar-refractivity contribution is 9.10. The summed E-state index contributed by atoms with van der Waals surface area (Å²) in [6, 6.07) is 3.03. The van der Waals surface area contributed by atoms with E-state index in [0.29, 0.717) is 6.61 Å². The van der Waals surface area contributed by atoms with Crippen molar-refractivity contribution >= 4 is 51.3 Å². The predicted molar refractivity (Wildman–Crippen MR) is 105 cm³/mol. The molecule has 0 heterocycles. The van der Waals surface area contributed by atoms with Gasteiger partial charge in [-0.1, -0.05) is 31.2 Å². The molecule has 0 amide bonds. The first kappa shape index (κ1) is 22.8. The van der Waals surface area contributed by atoms with Gasteiger partial charge in [-0.3, -0.25) is 4.39 Å². The van der Waals surface area contributed by atoms with Gasteiger partial charge < -0.3 is 4.74 Å². The van der Waals surface area contributed by atoms with Crippen LogP contribution in [0.5, 0.6) is 0 Å². The van der Waals surface area contributed by atoms with Crippen LogP contribution in [-0.4, -0.2) is 42.3 Å². The Morgan fingerprint density at radius 3 is 2.52 bits per heavy atom. The van der Waals surface area contributed by atoms with Crippen molar-refractivity contribution in [1.29, 1.82) is 0 Å². The van der Waals surface area contributed by atoms with Gasteiger partial charge in [0.1, 0.15) is 12.5 Å². The molecular formula is C15H23BrClF2NO3SSi. The second-order valence-electron chi connectivity index (χ2n) is 6.78. The zero-order chi connectivity index (χ0) is 19.3. The summed E-state index contributed by atoms with van der Waals surface area (Å²) in [7, 11) is -5.24. The van der Waals surface area contributed by atoms with Crippen LogP contribution in [0.25, 0.3) is 0 Å². The summed E-state index contributed by atoms with van der Waals surface area (Å²) >= 11 is 9.25. The largest absolute Gasteiger partial charge is 0.360 e. The number of anilines is 1. The van der Waals surface area contributed by atoms with Crippen molar-refractivity contribution < 1.29 is 21.9 Å². The second kappa shape index (κ2) is 9.64. The normalized spacial score (nSPS) is 12.4. The van der Waals surface area contributed by atoms with Crippen molar-refractivity contribution in [2.45, 2.75) is 32.1 Å². The van der Waals surface area contributed by atoms with Crippen LogP contribution in [-0.2, 0) is 14.8 Å². The smallest absolute Gasteiger partial charge is 0.237 e. The molecule has 144 valence electrons. The van der Waals surface area contributed by atoms with Gasteiger partial charge in [-0.2, -0.15) is 0 Å². The van der Waals surface area contributed by atoms with E-state index in [1.54, 1.807) is 0 Å². The molecule has 0 aliphatic heterocycles. The molecule has 0 atom stereocenters. The average molecular weight is 479 g/mol. The second-order valence-corrected chi connectivity index (χ2v) is 15.6. The van der Waals surface area contributed by atoms with E-state index >= 15 is 0 Å². The first-order chi connectivity index (χ1) is 11.5. The first-order valence-corrected chi connectivity index (χ1v) is 14.3. The van der Waals surface area contributed by atoms with E-state index in [0.717, 1.165) is 22.5 Å². The van der Waals surface area contributed by atoms with Gasteiger partial charge in [0.15, 0.2) is 0 Å². The Morgan fingerprint density at radius 2 is 1.96 bits per heavy atom. The maximum Gasteiger partial charge on any atom is 0.237 e. The van der Waals surface area contributed by atoms with Crippen LogP contribution in [0.15, 0.2) is 16.6 Å². The average Bonchev–Trinajstić information content (AvgIpc) is 2.48. The zero-order valence-corrected chi connectivity index (χ0v) is 18.6. The number of alkyl halides is 1. The fraction of sp³-hybridized carbons (Fsp3) is 0.600. The van der Waals surface area contributed by atoms with E-state index in [1.807, 2.05) is 0 Å². The van der Waals surface area contributed by atoms with E-state index in [9.17, 15) is 17.2 Å². The van der Waals surface area contributed by atoms with Gasteiger partial charge in [0.05, 0.1) is 23.1 Å². The lowest BCUT2D eigenvalue weighted by Gasteiger charge is -2.26. The van der Waals surface area contributed by atoms with Crippen LogP contribution >= 0.6 is 27.5 Å². The SMILES string of the molecule is C[Si](C)(C)CCOCN(c1cc(F)cc(Br)c1Cl)S(=O)(=O)CCCF. The molecule has 25 heavy (non-hydrogen) atoms. The lowest BCUT2D eigenvalue weighted by Crippen LogP contribution is -2.36. The molecule has 0 fully saturated rings. The summed E-state index contributed by atoms with van der Waals surface area (Å²) in [4.78, 5) is 0. The van der Waals surface area contributed by atoms with Crippen LogP contribution in [0.2, 0.25) is 30.7 Å². The third kappa shape index (κ3) is 7.50. The Morgan fingerprint density at radius 1 is 1.32 bits per heavy atom. The molecule has 1 aromatic rings. The number of rotatable bonds is 10. The highest BCUT2D eigenvalue weighted by Gasteiger charge is 2.26. The summed E-state index contributed by atoms with van der Waals surface area (Å²) in [5, 5.41) is 0.0546. The van der Waals surface area contributed by atoms with Gasteiger partial charge >= 0.3 is 0 Å². The van der Waals surface area contributed by atoms with Crippen LogP contribution in [0, 0.1) is 5.82 Å². The Balaban J connectivity index is 3.08. The number of benzene rings is 1. The molecule has 0 aromatic heterocycles. The van der Waals surface area contributed by atoms with Crippen molar-refractivity contribution in [3.05, 3.63) is 27.4 Å². The molecule has 0 bridgehead atoms. The van der Waals surface area contributed by atoms with E-state index in [-0.39, 0.29) is 28.3 Å². The number of halogens is 4. The number of ether oxygens (including phenoxy) is 1. The predicted octanol–water partition coefficient (Wildman–Crippen LogP) is 5.05. The third-order valence-electron chi connectivity index (χ3n) is 3.32. The first-order valence-electron chi connectivity index (χ1n) is 7.76. The van der Waals surface area contributed by atoms with Crippen molar-refractivity contribution in [3.63, 3.8) is 0 Å². The number of hydrogen-bond donors (Lipinski definition) is 0. The van der Waals surface area contributed by atoms with E-state index in [2.05, 4.69) is 35.6 Å². The Kier molecular flexibility index (Phi) is 8.80. The molecule has 4 nitrogen and oxygen atoms in total. The van der Waals surface area contributed by atoms with Crippen LogP contribution in [0.3, 0.4) is 0 Å². The Labute approximate surface area is 162 Å². The van der Waals surface area contributed by atoms with Gasteiger partial charge in [-0.15, -0.1) is 0 Å². The Hall–Kier alpha value is -0.223. The maximum absolute atomic E-state index is 13.7. The van der Waals surface area contributed by atoms with Crippen LogP contribution in [0.4, 0.5) is 14.5 Å². The lowest BCUT2D eigenvalue weighted by molar-refractivity contribution is 0.156. The summed E-state index contributed by atoms with van der Waals surface area (Å²) in [6.07, 6.45) is -0.151. The summed E-state index contributed by atoms with van der Waals surface area (Å²) in [5.74, 6) is -1.05. The van der Waals surface area contributed by atoms with E-state index in [4.69, 9.17) is 16.3 Å². The fourth-order valence-corrected chi connectivity index (χ4v) is 4.71. The minimum Gasteiger partial charge on any atom is -0.360 e. The summed E-state index contributed by atoms with van der Waals surface area (Å²) in [6.45, 7) is 5.85. The van der Waals surface area contributed by atoms with Crippen molar-refractivity contribution in [2.75, 3.05) is 30.1 Å². The monoisotopic (exact) mass is 477 g/mol. The van der Waals surface area contributed by atoms with E-state index in [1.165, 1.54) is 0 Å². The molecule has 0 radical (unpaired) electrons. The topological polar surface area (TPSA) is 46.6 Å². The number of hydrogen-bond acceptors (Lipinski definition) is 3. The highest BCUT2D eigenvalue weighted by atomic mass is 79.9. The third-order valence-corrected chi connectivity index (χ3v) is 8.05. The molecule has 0 saturated carbocycles. The van der Waals surface area contributed by atoms with Gasteiger partial charge in [-0.25, -0.2) is 17.1 Å². The standard InChI is InChI=1S/C15H23BrClF2NO3SSi/c1-25(2,3)8-6-23-11-20(24(21,22)7-4-5-18)14-10-12(19)9-13(16)15(14)17/h9-10H,4-8,11H2,1-3H3. The Bertz CT molecular complexity index is 686. The maximum atomic E-state index is 13.7. The molecule has 10 heteroatoms. The van der Waals surface area contributed by atoms with Crippen molar-refractivity contribution in [2.24, 2.45) is 0 Å². The zero-order valence-electron chi connectivity index (χ0n) is 14.5. The molecule has 0 saturated heterocycles. The van der Waals surface area contributed by atoms with Gasteiger partial charge in [0.25, 0.3) is 0 Å². The number of nitrogens with zero attached hydrogens (tertiary/aromatic N) is 1. The lowest BCUT2D eigenvalue weighted by atomic mass is 10.3. The minimum atomic E-state index is -3.90. The molecule has 0 unspecified atom stereocenters. The van der Waals surface area contributed by atoms with Crippen LogP contribution < -0.4 is 4.31 Å². The molecule has 0 aliphatic rings. The molecule has 0 aliphatic carbocycles. The van der Waals surface area contributed by atoms with E-state index < -0.39 is 36.3 Å². The van der Waals surface area contributed by atoms with Gasteiger partial charge in [0, 0.05) is 19.2 Å². The summed E-state index contributed by atoms with van der Waals surface area (Å²) in [5.41, 5.74) is -0.0274. The molecule has 1 aromatic carbocycles.